The van der Waals surface area contributed by atoms with Crippen molar-refractivity contribution in [3.8, 4) is 0 Å². The molecule has 1 aromatic rings. The zero-order chi connectivity index (χ0) is 12.0. The van der Waals surface area contributed by atoms with Gasteiger partial charge in [0, 0.05) is 24.7 Å². The minimum absolute atomic E-state index is 0.282. The number of aliphatic hydroxyl groups is 1. The van der Waals surface area contributed by atoms with E-state index in [0.717, 1.165) is 12.1 Å². The number of nitrogens with zero attached hydrogens (tertiary/aromatic N) is 1. The van der Waals surface area contributed by atoms with Crippen molar-refractivity contribution < 1.29 is 9.50 Å². The average Bonchev–Trinajstić information content (AvgIpc) is 3.06. The highest BCUT2D eigenvalue weighted by Gasteiger charge is 2.44. The number of halogens is 1. The van der Waals surface area contributed by atoms with Crippen LogP contribution in [0.3, 0.4) is 0 Å². The molecule has 0 bridgehead atoms. The fraction of sp³-hybridized carbons (Fsp3) is 0.571. The molecule has 1 unspecified atom stereocenters. The summed E-state index contributed by atoms with van der Waals surface area (Å²) in [5.74, 6) is -0.282. The molecule has 1 saturated carbocycles. The summed E-state index contributed by atoms with van der Waals surface area (Å²) in [6.07, 6.45) is 3.10. The van der Waals surface area contributed by atoms with Crippen molar-refractivity contribution >= 4 is 0 Å². The number of aryl methyl sites for hydroxylation is 1. The van der Waals surface area contributed by atoms with E-state index >= 15 is 0 Å². The zero-order valence-electron chi connectivity index (χ0n) is 10.1. The van der Waals surface area contributed by atoms with Crippen LogP contribution in [0.2, 0.25) is 0 Å². The summed E-state index contributed by atoms with van der Waals surface area (Å²) in [7, 11) is 0. The molecular formula is C14H18FNO. The largest absolute Gasteiger partial charge is 0.384 e. The van der Waals surface area contributed by atoms with Gasteiger partial charge in [0.1, 0.15) is 11.4 Å². The molecule has 1 saturated heterocycles. The van der Waals surface area contributed by atoms with E-state index in [9.17, 15) is 9.50 Å². The van der Waals surface area contributed by atoms with Crippen molar-refractivity contribution in [3.05, 3.63) is 35.1 Å². The molecule has 2 fully saturated rings. The Bertz CT molecular complexity index is 444. The van der Waals surface area contributed by atoms with Crippen LogP contribution in [0.5, 0.6) is 0 Å². The maximum Gasteiger partial charge on any atom is 0.129 e. The van der Waals surface area contributed by atoms with Gasteiger partial charge >= 0.3 is 0 Å². The monoisotopic (exact) mass is 235 g/mol. The number of β-amino-alcohol motifs (C(OH)–C–C–N with tert-alkyl or cyclic N) is 1. The molecule has 0 amide bonds. The van der Waals surface area contributed by atoms with Crippen molar-refractivity contribution in [2.24, 2.45) is 0 Å². The zero-order valence-corrected chi connectivity index (χ0v) is 10.1. The van der Waals surface area contributed by atoms with Crippen molar-refractivity contribution in [1.29, 1.82) is 0 Å². The summed E-state index contributed by atoms with van der Waals surface area (Å²) >= 11 is 0. The lowest BCUT2D eigenvalue weighted by Crippen LogP contribution is -2.32. The van der Waals surface area contributed by atoms with Crippen LogP contribution in [-0.2, 0) is 5.60 Å². The molecule has 1 aliphatic carbocycles. The Hall–Kier alpha value is -0.930. The van der Waals surface area contributed by atoms with Gasteiger partial charge in [-0.25, -0.2) is 4.39 Å². The molecule has 17 heavy (non-hydrogen) atoms. The first-order valence-corrected chi connectivity index (χ1v) is 6.31. The van der Waals surface area contributed by atoms with Crippen LogP contribution >= 0.6 is 0 Å². The van der Waals surface area contributed by atoms with Crippen molar-refractivity contribution in [2.45, 2.75) is 37.8 Å². The first-order valence-electron chi connectivity index (χ1n) is 6.31. The van der Waals surface area contributed by atoms with Crippen molar-refractivity contribution in [2.75, 3.05) is 13.1 Å². The molecule has 1 atom stereocenters. The van der Waals surface area contributed by atoms with Gasteiger partial charge in [0.05, 0.1) is 0 Å². The fourth-order valence-corrected chi connectivity index (χ4v) is 2.79. The summed E-state index contributed by atoms with van der Waals surface area (Å²) in [5.41, 5.74) is 0.485. The highest BCUT2D eigenvalue weighted by molar-refractivity contribution is 5.30. The lowest BCUT2D eigenvalue weighted by atomic mass is 9.91. The van der Waals surface area contributed by atoms with Gasteiger partial charge in [-0.15, -0.1) is 0 Å². The molecule has 3 heteroatoms. The lowest BCUT2D eigenvalue weighted by Gasteiger charge is -2.25. The van der Waals surface area contributed by atoms with E-state index in [1.54, 1.807) is 12.1 Å². The normalized spacial score (nSPS) is 29.8. The second-order valence-corrected chi connectivity index (χ2v) is 5.47. The van der Waals surface area contributed by atoms with E-state index in [2.05, 4.69) is 4.90 Å². The van der Waals surface area contributed by atoms with Crippen LogP contribution in [0.1, 0.15) is 30.4 Å². The van der Waals surface area contributed by atoms with Crippen LogP contribution in [-0.4, -0.2) is 29.1 Å². The number of hydrogen-bond acceptors (Lipinski definition) is 2. The Morgan fingerprint density at radius 2 is 2.18 bits per heavy atom. The summed E-state index contributed by atoms with van der Waals surface area (Å²) in [5, 5.41) is 10.6. The highest BCUT2D eigenvalue weighted by atomic mass is 19.1. The summed E-state index contributed by atoms with van der Waals surface area (Å²) in [6.45, 7) is 3.40. The van der Waals surface area contributed by atoms with Gasteiger partial charge in [0.15, 0.2) is 0 Å². The van der Waals surface area contributed by atoms with E-state index in [0.29, 0.717) is 24.6 Å². The second kappa shape index (κ2) is 3.79. The second-order valence-electron chi connectivity index (χ2n) is 5.47. The Kier molecular flexibility index (Phi) is 2.49. The molecule has 0 aromatic heterocycles. The molecule has 0 spiro atoms. The van der Waals surface area contributed by atoms with Gasteiger partial charge in [-0.3, -0.25) is 4.90 Å². The van der Waals surface area contributed by atoms with Gasteiger partial charge in [0.25, 0.3) is 0 Å². The van der Waals surface area contributed by atoms with E-state index in [-0.39, 0.29) is 5.82 Å². The minimum Gasteiger partial charge on any atom is -0.384 e. The summed E-state index contributed by atoms with van der Waals surface area (Å²) < 4.78 is 13.8. The number of likely N-dealkylation sites (tertiary alicyclic amines) is 1. The molecule has 1 N–H and O–H groups in total. The van der Waals surface area contributed by atoms with Crippen LogP contribution < -0.4 is 0 Å². The van der Waals surface area contributed by atoms with Gasteiger partial charge in [-0.1, -0.05) is 17.7 Å². The smallest absolute Gasteiger partial charge is 0.129 e. The Morgan fingerprint density at radius 1 is 1.41 bits per heavy atom. The number of hydrogen-bond donors (Lipinski definition) is 1. The average molecular weight is 235 g/mol. The van der Waals surface area contributed by atoms with Crippen LogP contribution in [0.25, 0.3) is 0 Å². The van der Waals surface area contributed by atoms with Crippen molar-refractivity contribution in [1.82, 2.24) is 4.90 Å². The number of benzene rings is 1. The molecule has 3 rings (SSSR count). The first-order chi connectivity index (χ1) is 8.08. The topological polar surface area (TPSA) is 23.5 Å². The maximum absolute atomic E-state index is 13.8. The molecular weight excluding hydrogens is 217 g/mol. The minimum atomic E-state index is -0.987. The highest BCUT2D eigenvalue weighted by Crippen LogP contribution is 2.39. The fourth-order valence-electron chi connectivity index (χ4n) is 2.79. The summed E-state index contributed by atoms with van der Waals surface area (Å²) in [6, 6.07) is 5.63. The predicted octanol–water partition coefficient (Wildman–Crippen LogP) is 2.19. The first kappa shape index (κ1) is 11.2. The van der Waals surface area contributed by atoms with Crippen LogP contribution in [0, 0.1) is 12.7 Å². The van der Waals surface area contributed by atoms with Crippen LogP contribution in [0.4, 0.5) is 4.39 Å². The van der Waals surface area contributed by atoms with Crippen molar-refractivity contribution in [3.63, 3.8) is 0 Å². The SMILES string of the molecule is Cc1ccc(F)c(C2(O)CCN(C3CC3)C2)c1. The van der Waals surface area contributed by atoms with E-state index in [4.69, 9.17) is 0 Å². The van der Waals surface area contributed by atoms with Gasteiger partial charge in [-0.05, 0) is 32.3 Å². The molecule has 1 aliphatic heterocycles. The standard InChI is InChI=1S/C14H18FNO/c1-10-2-5-13(15)12(8-10)14(17)6-7-16(9-14)11-3-4-11/h2,5,8,11,17H,3-4,6-7,9H2,1H3. The van der Waals surface area contributed by atoms with Crippen LogP contribution in [0.15, 0.2) is 18.2 Å². The number of rotatable bonds is 2. The third-order valence-corrected chi connectivity index (χ3v) is 3.96. The molecule has 2 nitrogen and oxygen atoms in total. The summed E-state index contributed by atoms with van der Waals surface area (Å²) in [4.78, 5) is 2.29. The lowest BCUT2D eigenvalue weighted by molar-refractivity contribution is 0.0416. The van der Waals surface area contributed by atoms with E-state index in [1.165, 1.54) is 18.9 Å². The van der Waals surface area contributed by atoms with E-state index in [1.807, 2.05) is 6.92 Å². The maximum atomic E-state index is 13.8. The third-order valence-electron chi connectivity index (χ3n) is 3.96. The predicted molar refractivity (Wildman–Crippen MR) is 64.2 cm³/mol. The van der Waals surface area contributed by atoms with Gasteiger partial charge in [-0.2, -0.15) is 0 Å². The van der Waals surface area contributed by atoms with Gasteiger partial charge in [0.2, 0.25) is 0 Å². The quantitative estimate of drug-likeness (QED) is 0.849. The van der Waals surface area contributed by atoms with E-state index < -0.39 is 5.60 Å². The third kappa shape index (κ3) is 1.98. The molecule has 1 aromatic carbocycles. The Morgan fingerprint density at radius 3 is 2.88 bits per heavy atom. The van der Waals surface area contributed by atoms with Gasteiger partial charge < -0.3 is 5.11 Å². The molecule has 2 aliphatic rings. The Balaban J connectivity index is 1.89. The molecule has 0 radical (unpaired) electrons. The Labute approximate surface area is 101 Å². The molecule has 1 heterocycles. The molecule has 92 valence electrons.